The zero-order chi connectivity index (χ0) is 18.6. The van der Waals surface area contributed by atoms with Crippen LogP contribution in [0.5, 0.6) is 0 Å². The van der Waals surface area contributed by atoms with Gasteiger partial charge in [0, 0.05) is 37.3 Å². The summed E-state index contributed by atoms with van der Waals surface area (Å²) in [5, 5.41) is 5.68. The maximum Gasteiger partial charge on any atom is 0.229 e. The van der Waals surface area contributed by atoms with Crippen LogP contribution in [0.3, 0.4) is 0 Å². The lowest BCUT2D eigenvalue weighted by molar-refractivity contribution is -0.137. The molecule has 1 unspecified atom stereocenters. The van der Waals surface area contributed by atoms with Gasteiger partial charge in [-0.25, -0.2) is 0 Å². The van der Waals surface area contributed by atoms with Gasteiger partial charge >= 0.3 is 0 Å². The van der Waals surface area contributed by atoms with Crippen LogP contribution >= 0.6 is 0 Å². The number of piperidine rings is 1. The maximum atomic E-state index is 12.6. The molecule has 0 radical (unpaired) electrons. The van der Waals surface area contributed by atoms with Gasteiger partial charge in [0.25, 0.3) is 0 Å². The number of aryl methyl sites for hydroxylation is 1. The summed E-state index contributed by atoms with van der Waals surface area (Å²) >= 11 is 0. The lowest BCUT2D eigenvalue weighted by atomic mass is 9.96. The Morgan fingerprint density at radius 2 is 1.92 bits per heavy atom. The number of carbonyl (C=O) groups excluding carboxylic acids is 3. The second-order valence-corrected chi connectivity index (χ2v) is 6.98. The first-order valence-electron chi connectivity index (χ1n) is 8.76. The van der Waals surface area contributed by atoms with Crippen molar-refractivity contribution in [1.82, 2.24) is 4.90 Å². The van der Waals surface area contributed by atoms with Gasteiger partial charge in [-0.1, -0.05) is 13.8 Å². The first kappa shape index (κ1) is 19.0. The lowest BCUT2D eigenvalue weighted by Gasteiger charge is -2.33. The third-order valence-electron chi connectivity index (χ3n) is 4.40. The molecule has 1 saturated heterocycles. The summed E-state index contributed by atoms with van der Waals surface area (Å²) in [5.74, 6) is -0.324. The molecule has 1 fully saturated rings. The van der Waals surface area contributed by atoms with Crippen LogP contribution in [0.1, 0.15) is 39.2 Å². The Morgan fingerprint density at radius 3 is 2.52 bits per heavy atom. The number of benzene rings is 1. The van der Waals surface area contributed by atoms with Crippen molar-refractivity contribution in [1.29, 1.82) is 0 Å². The van der Waals surface area contributed by atoms with Gasteiger partial charge in [-0.05, 0) is 43.5 Å². The standard InChI is InChI=1S/C19H27N3O3/c1-12(2)19(25)22-9-5-6-15(11-22)18(24)21-16-7-8-17(13(3)10-16)20-14(4)23/h7-8,10,12,15H,5-6,9,11H2,1-4H3,(H,20,23)(H,21,24). The molecule has 0 bridgehead atoms. The molecule has 2 rings (SSSR count). The molecule has 6 nitrogen and oxygen atoms in total. The van der Waals surface area contributed by atoms with Crippen molar-refractivity contribution in [3.05, 3.63) is 23.8 Å². The van der Waals surface area contributed by atoms with E-state index in [2.05, 4.69) is 10.6 Å². The van der Waals surface area contributed by atoms with Crippen molar-refractivity contribution < 1.29 is 14.4 Å². The van der Waals surface area contributed by atoms with Gasteiger partial charge in [0.15, 0.2) is 0 Å². The van der Waals surface area contributed by atoms with E-state index < -0.39 is 0 Å². The summed E-state index contributed by atoms with van der Waals surface area (Å²) in [6.07, 6.45) is 1.63. The van der Waals surface area contributed by atoms with E-state index in [0.29, 0.717) is 12.2 Å². The van der Waals surface area contributed by atoms with Crippen LogP contribution in [0, 0.1) is 18.8 Å². The van der Waals surface area contributed by atoms with Gasteiger partial charge in [-0.3, -0.25) is 14.4 Å². The van der Waals surface area contributed by atoms with Gasteiger partial charge in [0.2, 0.25) is 17.7 Å². The number of amides is 3. The smallest absolute Gasteiger partial charge is 0.229 e. The van der Waals surface area contributed by atoms with E-state index in [0.717, 1.165) is 30.6 Å². The molecule has 6 heteroatoms. The molecule has 1 aromatic carbocycles. The average molecular weight is 345 g/mol. The van der Waals surface area contributed by atoms with Crippen LogP contribution in [0.4, 0.5) is 11.4 Å². The highest BCUT2D eigenvalue weighted by molar-refractivity contribution is 5.94. The van der Waals surface area contributed by atoms with E-state index in [-0.39, 0.29) is 29.6 Å². The monoisotopic (exact) mass is 345 g/mol. The van der Waals surface area contributed by atoms with Gasteiger partial charge in [0.1, 0.15) is 0 Å². The predicted molar refractivity (Wildman–Crippen MR) is 98.3 cm³/mol. The Hall–Kier alpha value is -2.37. The normalized spacial score (nSPS) is 17.3. The van der Waals surface area contributed by atoms with E-state index in [9.17, 15) is 14.4 Å². The number of nitrogens with one attached hydrogen (secondary N) is 2. The Balaban J connectivity index is 2.00. The van der Waals surface area contributed by atoms with Crippen molar-refractivity contribution >= 4 is 29.1 Å². The molecular weight excluding hydrogens is 318 g/mol. The fourth-order valence-electron chi connectivity index (χ4n) is 3.07. The first-order valence-corrected chi connectivity index (χ1v) is 8.76. The van der Waals surface area contributed by atoms with Gasteiger partial charge in [-0.15, -0.1) is 0 Å². The molecule has 0 aliphatic carbocycles. The Bertz CT molecular complexity index is 670. The van der Waals surface area contributed by atoms with Crippen molar-refractivity contribution in [3.63, 3.8) is 0 Å². The molecule has 1 aliphatic heterocycles. The largest absolute Gasteiger partial charge is 0.342 e. The van der Waals surface area contributed by atoms with E-state index in [4.69, 9.17) is 0 Å². The van der Waals surface area contributed by atoms with Gasteiger partial charge in [-0.2, -0.15) is 0 Å². The van der Waals surface area contributed by atoms with E-state index in [1.54, 1.807) is 17.0 Å². The first-order chi connectivity index (χ1) is 11.8. The number of hydrogen-bond donors (Lipinski definition) is 2. The van der Waals surface area contributed by atoms with Gasteiger partial charge < -0.3 is 15.5 Å². The maximum absolute atomic E-state index is 12.6. The molecule has 136 valence electrons. The third-order valence-corrected chi connectivity index (χ3v) is 4.40. The van der Waals surface area contributed by atoms with Gasteiger partial charge in [0.05, 0.1) is 5.92 Å². The quantitative estimate of drug-likeness (QED) is 0.881. The predicted octanol–water partition coefficient (Wildman–Crippen LogP) is 2.79. The fraction of sp³-hybridized carbons (Fsp3) is 0.526. The number of anilines is 2. The second-order valence-electron chi connectivity index (χ2n) is 6.98. The van der Waals surface area contributed by atoms with Crippen molar-refractivity contribution in [2.24, 2.45) is 11.8 Å². The van der Waals surface area contributed by atoms with Crippen LogP contribution in [0.15, 0.2) is 18.2 Å². The SMILES string of the molecule is CC(=O)Nc1ccc(NC(=O)C2CCCN(C(=O)C(C)C)C2)cc1C. The molecule has 0 saturated carbocycles. The Kier molecular flexibility index (Phi) is 6.17. The van der Waals surface area contributed by atoms with E-state index in [1.807, 2.05) is 26.8 Å². The number of rotatable bonds is 4. The molecule has 2 N–H and O–H groups in total. The molecule has 1 aromatic rings. The highest BCUT2D eigenvalue weighted by Gasteiger charge is 2.29. The van der Waals surface area contributed by atoms with Crippen molar-refractivity contribution in [3.8, 4) is 0 Å². The molecule has 1 aliphatic rings. The Labute approximate surface area is 149 Å². The van der Waals surface area contributed by atoms with E-state index in [1.165, 1.54) is 6.92 Å². The molecule has 3 amide bonds. The lowest BCUT2D eigenvalue weighted by Crippen LogP contribution is -2.45. The topological polar surface area (TPSA) is 78.5 Å². The molecule has 0 aromatic heterocycles. The average Bonchev–Trinajstić information content (AvgIpc) is 2.56. The van der Waals surface area contributed by atoms with Crippen LogP contribution in [-0.2, 0) is 14.4 Å². The summed E-state index contributed by atoms with van der Waals surface area (Å²) in [4.78, 5) is 37.7. The van der Waals surface area contributed by atoms with Crippen LogP contribution < -0.4 is 10.6 Å². The van der Waals surface area contributed by atoms with Crippen LogP contribution in [-0.4, -0.2) is 35.7 Å². The minimum Gasteiger partial charge on any atom is -0.342 e. The van der Waals surface area contributed by atoms with Crippen LogP contribution in [0.2, 0.25) is 0 Å². The fourth-order valence-corrected chi connectivity index (χ4v) is 3.07. The van der Waals surface area contributed by atoms with Crippen molar-refractivity contribution in [2.75, 3.05) is 23.7 Å². The number of likely N-dealkylation sites (tertiary alicyclic amines) is 1. The summed E-state index contributed by atoms with van der Waals surface area (Å²) < 4.78 is 0. The summed E-state index contributed by atoms with van der Waals surface area (Å²) in [7, 11) is 0. The summed E-state index contributed by atoms with van der Waals surface area (Å²) in [6.45, 7) is 8.31. The van der Waals surface area contributed by atoms with Crippen molar-refractivity contribution in [2.45, 2.75) is 40.5 Å². The van der Waals surface area contributed by atoms with E-state index >= 15 is 0 Å². The molecule has 1 heterocycles. The molecule has 1 atom stereocenters. The minimum absolute atomic E-state index is 0.0502. The summed E-state index contributed by atoms with van der Waals surface area (Å²) in [5.41, 5.74) is 2.31. The number of hydrogen-bond acceptors (Lipinski definition) is 3. The number of nitrogens with zero attached hydrogens (tertiary/aromatic N) is 1. The zero-order valence-electron chi connectivity index (χ0n) is 15.4. The highest BCUT2D eigenvalue weighted by Crippen LogP contribution is 2.23. The molecule has 25 heavy (non-hydrogen) atoms. The van der Waals surface area contributed by atoms with Crippen LogP contribution in [0.25, 0.3) is 0 Å². The molecular formula is C19H27N3O3. The molecule has 0 spiro atoms. The second kappa shape index (κ2) is 8.14. The highest BCUT2D eigenvalue weighted by atomic mass is 16.2. The number of carbonyl (C=O) groups is 3. The third kappa shape index (κ3) is 5.05. The minimum atomic E-state index is -0.188. The zero-order valence-corrected chi connectivity index (χ0v) is 15.4. The summed E-state index contributed by atoms with van der Waals surface area (Å²) in [6, 6.07) is 5.39. The Morgan fingerprint density at radius 1 is 1.20 bits per heavy atom.